The predicted molar refractivity (Wildman–Crippen MR) is 124 cm³/mol. The van der Waals surface area contributed by atoms with Crippen molar-refractivity contribution < 1.29 is 4.74 Å². The molecule has 158 valence electrons. The first-order chi connectivity index (χ1) is 13.1. The van der Waals surface area contributed by atoms with E-state index in [0.29, 0.717) is 29.6 Å². The molecule has 3 aliphatic rings. The molecule has 1 aromatic heterocycles. The normalized spacial score (nSPS) is 28.2. The first-order valence-electron chi connectivity index (χ1n) is 10.7. The second-order valence-corrected chi connectivity index (χ2v) is 8.79. The molecular weight excluding hydrogens is 465 g/mol. The monoisotopic (exact) mass is 501 g/mol. The van der Waals surface area contributed by atoms with E-state index in [9.17, 15) is 0 Å². The molecule has 2 saturated carbocycles. The Kier molecular flexibility index (Phi) is 6.95. The van der Waals surface area contributed by atoms with Crippen LogP contribution in [-0.4, -0.2) is 47.6 Å². The summed E-state index contributed by atoms with van der Waals surface area (Å²) in [5.74, 6) is 0.943. The van der Waals surface area contributed by atoms with Crippen molar-refractivity contribution in [2.45, 2.75) is 89.9 Å². The Morgan fingerprint density at radius 2 is 2.18 bits per heavy atom. The molecule has 28 heavy (non-hydrogen) atoms. The summed E-state index contributed by atoms with van der Waals surface area (Å²) in [5, 5.41) is 12.2. The van der Waals surface area contributed by atoms with Gasteiger partial charge in [0.25, 0.3) is 0 Å². The number of rotatable bonds is 5. The molecule has 7 heteroatoms. The van der Waals surface area contributed by atoms with Gasteiger partial charge in [-0.05, 0) is 58.4 Å². The van der Waals surface area contributed by atoms with Gasteiger partial charge in [0.15, 0.2) is 5.96 Å². The summed E-state index contributed by atoms with van der Waals surface area (Å²) in [4.78, 5) is 4.52. The SMILES string of the molecule is CCOC1CC(NC(=NC)NC2CCc3cn(C(C)C)nc3C2)C12CCC2.I. The summed E-state index contributed by atoms with van der Waals surface area (Å²) in [5.41, 5.74) is 3.01. The molecule has 3 atom stereocenters. The average Bonchev–Trinajstić information content (AvgIpc) is 3.02. The number of nitrogens with zero attached hydrogens (tertiary/aromatic N) is 3. The molecule has 4 rings (SSSR count). The van der Waals surface area contributed by atoms with Crippen LogP contribution < -0.4 is 10.6 Å². The van der Waals surface area contributed by atoms with Gasteiger partial charge in [0.2, 0.25) is 0 Å². The maximum Gasteiger partial charge on any atom is 0.191 e. The maximum atomic E-state index is 5.98. The van der Waals surface area contributed by atoms with Crippen LogP contribution in [0.2, 0.25) is 0 Å². The van der Waals surface area contributed by atoms with E-state index in [4.69, 9.17) is 9.84 Å². The van der Waals surface area contributed by atoms with E-state index >= 15 is 0 Å². The highest BCUT2D eigenvalue weighted by Crippen LogP contribution is 2.57. The number of halogens is 1. The Morgan fingerprint density at radius 1 is 1.39 bits per heavy atom. The molecule has 0 bridgehead atoms. The van der Waals surface area contributed by atoms with E-state index in [1.54, 1.807) is 0 Å². The minimum absolute atomic E-state index is 0. The number of aliphatic imine (C=N–C) groups is 1. The molecule has 0 radical (unpaired) electrons. The highest BCUT2D eigenvalue weighted by molar-refractivity contribution is 14.0. The number of aryl methyl sites for hydroxylation is 1. The lowest BCUT2D eigenvalue weighted by molar-refractivity contribution is -0.168. The van der Waals surface area contributed by atoms with Gasteiger partial charge in [-0.25, -0.2) is 0 Å². The Balaban J connectivity index is 0.00000225. The Bertz CT molecular complexity index is 697. The molecule has 0 aromatic carbocycles. The summed E-state index contributed by atoms with van der Waals surface area (Å²) in [7, 11) is 1.88. The molecule has 0 saturated heterocycles. The topological polar surface area (TPSA) is 63.5 Å². The van der Waals surface area contributed by atoms with Crippen LogP contribution in [0.3, 0.4) is 0 Å². The van der Waals surface area contributed by atoms with Crippen LogP contribution in [0, 0.1) is 5.41 Å². The van der Waals surface area contributed by atoms with E-state index in [1.165, 1.54) is 30.5 Å². The number of aromatic nitrogens is 2. The summed E-state index contributed by atoms with van der Waals surface area (Å²) >= 11 is 0. The van der Waals surface area contributed by atoms with Crippen LogP contribution in [0.15, 0.2) is 11.2 Å². The van der Waals surface area contributed by atoms with Gasteiger partial charge in [-0.1, -0.05) is 6.42 Å². The zero-order valence-electron chi connectivity index (χ0n) is 17.7. The zero-order chi connectivity index (χ0) is 19.0. The van der Waals surface area contributed by atoms with Gasteiger partial charge in [0, 0.05) is 49.8 Å². The zero-order valence-corrected chi connectivity index (χ0v) is 20.0. The van der Waals surface area contributed by atoms with E-state index in [2.05, 4.69) is 47.3 Å². The van der Waals surface area contributed by atoms with Crippen molar-refractivity contribution in [3.63, 3.8) is 0 Å². The largest absolute Gasteiger partial charge is 0.378 e. The molecular formula is C21H36IN5O. The predicted octanol–water partition coefficient (Wildman–Crippen LogP) is 3.45. The lowest BCUT2D eigenvalue weighted by Crippen LogP contribution is -2.69. The molecule has 0 aliphatic heterocycles. The molecule has 1 spiro atoms. The van der Waals surface area contributed by atoms with Crippen LogP contribution in [0.1, 0.15) is 70.2 Å². The third-order valence-electron chi connectivity index (χ3n) is 6.94. The Morgan fingerprint density at radius 3 is 2.79 bits per heavy atom. The van der Waals surface area contributed by atoms with Crippen molar-refractivity contribution in [3.05, 3.63) is 17.5 Å². The van der Waals surface area contributed by atoms with Crippen molar-refractivity contribution in [3.8, 4) is 0 Å². The standard InChI is InChI=1S/C21H35N5O.HI/c1-5-27-19-12-18(21(19)9-6-10-21)24-20(22-4)23-16-8-7-15-13-26(14(2)3)25-17(15)11-16;/h13-14,16,18-19H,5-12H2,1-4H3,(H2,22,23,24);1H. The van der Waals surface area contributed by atoms with Crippen molar-refractivity contribution in [2.75, 3.05) is 13.7 Å². The van der Waals surface area contributed by atoms with Crippen LogP contribution >= 0.6 is 24.0 Å². The minimum Gasteiger partial charge on any atom is -0.378 e. The molecule has 1 aromatic rings. The summed E-state index contributed by atoms with van der Waals surface area (Å²) in [6.07, 6.45) is 10.9. The van der Waals surface area contributed by atoms with E-state index in [1.807, 2.05) is 7.05 Å². The van der Waals surface area contributed by atoms with Crippen molar-refractivity contribution in [1.82, 2.24) is 20.4 Å². The molecule has 3 aliphatic carbocycles. The summed E-state index contributed by atoms with van der Waals surface area (Å²) in [6, 6.07) is 1.32. The average molecular weight is 501 g/mol. The van der Waals surface area contributed by atoms with Gasteiger partial charge in [0.05, 0.1) is 11.8 Å². The molecule has 0 amide bonds. The molecule has 2 fully saturated rings. The number of guanidine groups is 1. The summed E-state index contributed by atoms with van der Waals surface area (Å²) < 4.78 is 8.08. The van der Waals surface area contributed by atoms with Gasteiger partial charge in [-0.3, -0.25) is 9.67 Å². The van der Waals surface area contributed by atoms with Gasteiger partial charge in [0.1, 0.15) is 0 Å². The second-order valence-electron chi connectivity index (χ2n) is 8.79. The fourth-order valence-corrected chi connectivity index (χ4v) is 5.07. The fraction of sp³-hybridized carbons (Fsp3) is 0.810. The van der Waals surface area contributed by atoms with Gasteiger partial charge < -0.3 is 15.4 Å². The van der Waals surface area contributed by atoms with Crippen molar-refractivity contribution in [2.24, 2.45) is 10.4 Å². The van der Waals surface area contributed by atoms with E-state index in [-0.39, 0.29) is 24.0 Å². The van der Waals surface area contributed by atoms with Crippen LogP contribution in [0.4, 0.5) is 0 Å². The first kappa shape index (κ1) is 21.9. The second kappa shape index (κ2) is 8.90. The lowest BCUT2D eigenvalue weighted by Gasteiger charge is -2.61. The van der Waals surface area contributed by atoms with Crippen LogP contribution in [-0.2, 0) is 17.6 Å². The molecule has 2 N–H and O–H groups in total. The maximum absolute atomic E-state index is 5.98. The number of ether oxygens (including phenoxy) is 1. The number of nitrogens with one attached hydrogen (secondary N) is 2. The number of hydrogen-bond donors (Lipinski definition) is 2. The van der Waals surface area contributed by atoms with Crippen molar-refractivity contribution >= 4 is 29.9 Å². The Labute approximate surface area is 186 Å². The fourth-order valence-electron chi connectivity index (χ4n) is 5.07. The highest BCUT2D eigenvalue weighted by Gasteiger charge is 2.59. The van der Waals surface area contributed by atoms with E-state index < -0.39 is 0 Å². The van der Waals surface area contributed by atoms with Crippen LogP contribution in [0.25, 0.3) is 0 Å². The first-order valence-corrected chi connectivity index (χ1v) is 10.7. The van der Waals surface area contributed by atoms with Crippen LogP contribution in [0.5, 0.6) is 0 Å². The third-order valence-corrected chi connectivity index (χ3v) is 6.94. The highest BCUT2D eigenvalue weighted by atomic mass is 127. The molecule has 1 heterocycles. The van der Waals surface area contributed by atoms with Gasteiger partial charge >= 0.3 is 0 Å². The minimum atomic E-state index is 0. The third kappa shape index (κ3) is 3.93. The smallest absolute Gasteiger partial charge is 0.191 e. The van der Waals surface area contributed by atoms with E-state index in [0.717, 1.165) is 38.2 Å². The number of fused-ring (bicyclic) bond motifs is 1. The molecule has 3 unspecified atom stereocenters. The molecule has 6 nitrogen and oxygen atoms in total. The quantitative estimate of drug-likeness (QED) is 0.369. The Hall–Kier alpha value is -0.830. The summed E-state index contributed by atoms with van der Waals surface area (Å²) in [6.45, 7) is 7.29. The van der Waals surface area contributed by atoms with Gasteiger partial charge in [-0.2, -0.15) is 5.10 Å². The lowest BCUT2D eigenvalue weighted by atomic mass is 9.51. The number of hydrogen-bond acceptors (Lipinski definition) is 3. The van der Waals surface area contributed by atoms with Crippen molar-refractivity contribution in [1.29, 1.82) is 0 Å². The van der Waals surface area contributed by atoms with Gasteiger partial charge in [-0.15, -0.1) is 24.0 Å².